The van der Waals surface area contributed by atoms with Crippen LogP contribution in [-0.4, -0.2) is 74.2 Å². The van der Waals surface area contributed by atoms with Crippen molar-refractivity contribution in [1.82, 2.24) is 0 Å². The molecule has 5 atom stereocenters. The van der Waals surface area contributed by atoms with Crippen molar-refractivity contribution in [2.75, 3.05) is 6.61 Å². The minimum atomic E-state index is -3.24. The van der Waals surface area contributed by atoms with Gasteiger partial charge in [0.25, 0.3) is 0 Å². The Hall–Kier alpha value is -1.30. The van der Waals surface area contributed by atoms with Gasteiger partial charge in [0.15, 0.2) is 6.10 Å². The summed E-state index contributed by atoms with van der Waals surface area (Å²) >= 11 is 0. The van der Waals surface area contributed by atoms with E-state index in [0.717, 1.165) is 0 Å². The summed E-state index contributed by atoms with van der Waals surface area (Å²) in [4.78, 5) is 22.8. The molecule has 1 unspecified atom stereocenters. The Bertz CT molecular complexity index is 424. The van der Waals surface area contributed by atoms with E-state index in [-0.39, 0.29) is 0 Å². The highest BCUT2D eigenvalue weighted by atomic mass is 16.9. The SMILES string of the molecule is O=C1CCC(=O)O[C@]2(O)[C@@H](O)[C@H](O)[C@@H](CO)OC2(O)O1. The molecule has 0 bridgehead atoms. The highest BCUT2D eigenvalue weighted by Crippen LogP contribution is 2.40. The van der Waals surface area contributed by atoms with Gasteiger partial charge in [0.1, 0.15) is 12.2 Å². The molecule has 2 heterocycles. The molecule has 20 heavy (non-hydrogen) atoms. The van der Waals surface area contributed by atoms with E-state index >= 15 is 0 Å². The first kappa shape index (κ1) is 15.1. The van der Waals surface area contributed by atoms with E-state index in [0.29, 0.717) is 0 Å². The monoisotopic (exact) mass is 294 g/mol. The standard InChI is InChI=1S/C10H14O10/c11-3-4-7(14)8(15)9(16)10(17,18-4)20-6(13)2-1-5(12)19-9/h4,7-8,11,14-17H,1-3H2/t4-,7-,8+,9-,10?/m1/s1. The maximum atomic E-state index is 11.4. The van der Waals surface area contributed by atoms with Crippen molar-refractivity contribution in [2.24, 2.45) is 0 Å². The van der Waals surface area contributed by atoms with Gasteiger partial charge in [-0.05, 0) is 0 Å². The van der Waals surface area contributed by atoms with E-state index < -0.39 is 61.5 Å². The van der Waals surface area contributed by atoms with Crippen molar-refractivity contribution in [1.29, 1.82) is 0 Å². The molecule has 0 aliphatic carbocycles. The third-order valence-electron chi connectivity index (χ3n) is 3.10. The first-order valence-electron chi connectivity index (χ1n) is 5.77. The third kappa shape index (κ3) is 2.16. The Balaban J connectivity index is 2.43. The average Bonchev–Trinajstić information content (AvgIpc) is 2.38. The van der Waals surface area contributed by atoms with Crippen molar-refractivity contribution in [2.45, 2.75) is 42.9 Å². The van der Waals surface area contributed by atoms with Crippen molar-refractivity contribution in [3.63, 3.8) is 0 Å². The number of carbonyl (C=O) groups is 2. The summed E-state index contributed by atoms with van der Waals surface area (Å²) in [7, 11) is 0. The predicted octanol–water partition coefficient (Wildman–Crippen LogP) is -3.69. The van der Waals surface area contributed by atoms with E-state index in [9.17, 15) is 30.0 Å². The van der Waals surface area contributed by atoms with Gasteiger partial charge in [0.05, 0.1) is 19.4 Å². The number of aliphatic hydroxyl groups excluding tert-OH is 3. The number of hydrogen-bond donors (Lipinski definition) is 5. The quantitative estimate of drug-likeness (QED) is 0.304. The average molecular weight is 294 g/mol. The molecule has 0 aromatic carbocycles. The molecule has 114 valence electrons. The Kier molecular flexibility index (Phi) is 3.71. The van der Waals surface area contributed by atoms with Crippen LogP contribution in [0.25, 0.3) is 0 Å². The molecular formula is C10H14O10. The normalized spacial score (nSPS) is 45.8. The van der Waals surface area contributed by atoms with Gasteiger partial charge in [-0.2, -0.15) is 0 Å². The van der Waals surface area contributed by atoms with Crippen LogP contribution in [0.3, 0.4) is 0 Å². The van der Waals surface area contributed by atoms with Gasteiger partial charge < -0.3 is 39.7 Å². The second kappa shape index (κ2) is 4.91. The minimum Gasteiger partial charge on any atom is -0.420 e. The zero-order valence-corrected chi connectivity index (χ0v) is 10.1. The molecule has 2 rings (SSSR count). The fourth-order valence-electron chi connectivity index (χ4n) is 1.98. The summed E-state index contributed by atoms with van der Waals surface area (Å²) in [6.07, 6.45) is -6.63. The number of hydrogen-bond acceptors (Lipinski definition) is 10. The van der Waals surface area contributed by atoms with Crippen molar-refractivity contribution in [3.8, 4) is 0 Å². The topological polar surface area (TPSA) is 163 Å². The number of esters is 2. The summed E-state index contributed by atoms with van der Waals surface area (Å²) in [5.41, 5.74) is 0. The van der Waals surface area contributed by atoms with E-state index in [2.05, 4.69) is 9.47 Å². The third-order valence-corrected chi connectivity index (χ3v) is 3.10. The van der Waals surface area contributed by atoms with Crippen LogP contribution < -0.4 is 0 Å². The van der Waals surface area contributed by atoms with Crippen LogP contribution in [-0.2, 0) is 23.8 Å². The lowest BCUT2D eigenvalue weighted by Crippen LogP contribution is -2.76. The van der Waals surface area contributed by atoms with E-state index in [1.807, 2.05) is 0 Å². The summed E-state index contributed by atoms with van der Waals surface area (Å²) in [6.45, 7) is -0.859. The fraction of sp³-hybridized carbons (Fsp3) is 0.800. The summed E-state index contributed by atoms with van der Waals surface area (Å²) < 4.78 is 13.6. The second-order valence-corrected chi connectivity index (χ2v) is 4.50. The molecule has 2 aliphatic heterocycles. The Morgan fingerprint density at radius 3 is 2.20 bits per heavy atom. The molecule has 0 radical (unpaired) electrons. The van der Waals surface area contributed by atoms with Crippen LogP contribution >= 0.6 is 0 Å². The molecule has 0 aromatic heterocycles. The van der Waals surface area contributed by atoms with Crippen LogP contribution in [0.15, 0.2) is 0 Å². The van der Waals surface area contributed by atoms with E-state index in [4.69, 9.17) is 9.84 Å². The Morgan fingerprint density at radius 2 is 1.65 bits per heavy atom. The second-order valence-electron chi connectivity index (χ2n) is 4.50. The first-order chi connectivity index (χ1) is 9.23. The van der Waals surface area contributed by atoms with Crippen LogP contribution in [0.5, 0.6) is 0 Å². The van der Waals surface area contributed by atoms with Gasteiger partial charge in [-0.25, -0.2) is 0 Å². The van der Waals surface area contributed by atoms with Crippen molar-refractivity contribution >= 4 is 11.9 Å². The molecular weight excluding hydrogens is 280 g/mol. The van der Waals surface area contributed by atoms with Crippen LogP contribution in [0.4, 0.5) is 0 Å². The molecule has 0 amide bonds. The van der Waals surface area contributed by atoms with Gasteiger partial charge in [-0.1, -0.05) is 0 Å². The predicted molar refractivity (Wildman–Crippen MR) is 55.3 cm³/mol. The number of rotatable bonds is 1. The maximum absolute atomic E-state index is 11.4. The van der Waals surface area contributed by atoms with E-state index in [1.165, 1.54) is 0 Å². The molecule has 2 fully saturated rings. The number of fused-ring (bicyclic) bond motifs is 1. The van der Waals surface area contributed by atoms with Gasteiger partial charge in [0.2, 0.25) is 0 Å². The molecule has 0 spiro atoms. The van der Waals surface area contributed by atoms with Crippen molar-refractivity contribution < 1.29 is 49.3 Å². The largest absolute Gasteiger partial charge is 0.420 e. The lowest BCUT2D eigenvalue weighted by atomic mass is 9.93. The summed E-state index contributed by atoms with van der Waals surface area (Å²) in [5, 5.41) is 48.6. The van der Waals surface area contributed by atoms with Crippen LogP contribution in [0.2, 0.25) is 0 Å². The molecule has 0 aromatic rings. The highest BCUT2D eigenvalue weighted by Gasteiger charge is 2.70. The lowest BCUT2D eigenvalue weighted by Gasteiger charge is -2.50. The van der Waals surface area contributed by atoms with Gasteiger partial charge in [-0.15, -0.1) is 0 Å². The highest BCUT2D eigenvalue weighted by molar-refractivity contribution is 5.78. The number of carbonyl (C=O) groups excluding carboxylic acids is 2. The molecule has 10 nitrogen and oxygen atoms in total. The fourth-order valence-corrected chi connectivity index (χ4v) is 1.98. The smallest absolute Gasteiger partial charge is 0.399 e. The summed E-state index contributed by atoms with van der Waals surface area (Å²) in [6, 6.07) is 0. The minimum absolute atomic E-state index is 0.441. The molecule has 5 N–H and O–H groups in total. The molecule has 2 saturated heterocycles. The first-order valence-corrected chi connectivity index (χ1v) is 5.77. The van der Waals surface area contributed by atoms with Crippen LogP contribution in [0, 0.1) is 0 Å². The number of aliphatic hydroxyl groups is 5. The molecule has 10 heteroatoms. The zero-order valence-electron chi connectivity index (χ0n) is 10.1. The van der Waals surface area contributed by atoms with Gasteiger partial charge >= 0.3 is 23.7 Å². The maximum Gasteiger partial charge on any atom is 0.399 e. The van der Waals surface area contributed by atoms with E-state index in [1.54, 1.807) is 0 Å². The number of ether oxygens (including phenoxy) is 3. The molecule has 2 aliphatic rings. The van der Waals surface area contributed by atoms with Crippen LogP contribution in [0.1, 0.15) is 12.8 Å². The Morgan fingerprint density at radius 1 is 1.10 bits per heavy atom. The Labute approximate surface area is 112 Å². The van der Waals surface area contributed by atoms with Gasteiger partial charge in [-0.3, -0.25) is 9.59 Å². The van der Waals surface area contributed by atoms with Crippen molar-refractivity contribution in [3.05, 3.63) is 0 Å². The molecule has 0 saturated carbocycles. The lowest BCUT2D eigenvalue weighted by molar-refractivity contribution is -0.512. The summed E-state index contributed by atoms with van der Waals surface area (Å²) in [5.74, 6) is -8.67. The van der Waals surface area contributed by atoms with Gasteiger partial charge in [0, 0.05) is 0 Å². The zero-order chi connectivity index (χ0) is 15.1.